The number of methoxy groups -OCH3 is 1. The van der Waals surface area contributed by atoms with Crippen molar-refractivity contribution in [3.05, 3.63) is 54.2 Å². The Hall–Kier alpha value is -3.42. The summed E-state index contributed by atoms with van der Waals surface area (Å²) < 4.78 is 29.1. The van der Waals surface area contributed by atoms with Crippen LogP contribution in [-0.4, -0.2) is 29.8 Å². The number of hydrogen-bond donors (Lipinski definition) is 1. The van der Waals surface area contributed by atoms with Crippen molar-refractivity contribution in [2.45, 2.75) is 26.2 Å². The lowest BCUT2D eigenvalue weighted by Crippen LogP contribution is -2.13. The number of rotatable bonds is 9. The maximum Gasteiger partial charge on any atom is 0.226 e. The van der Waals surface area contributed by atoms with Gasteiger partial charge in [-0.1, -0.05) is 5.16 Å². The van der Waals surface area contributed by atoms with Crippen LogP contribution in [0.2, 0.25) is 0 Å². The number of ether oxygens (including phenoxy) is 2. The van der Waals surface area contributed by atoms with E-state index in [9.17, 15) is 9.18 Å². The molecule has 29 heavy (non-hydrogen) atoms. The maximum absolute atomic E-state index is 13.3. The summed E-state index contributed by atoms with van der Waals surface area (Å²) in [5.41, 5.74) is 1.26. The summed E-state index contributed by atoms with van der Waals surface area (Å²) in [4.78, 5) is 16.5. The van der Waals surface area contributed by atoms with E-state index in [1.165, 1.54) is 18.2 Å². The van der Waals surface area contributed by atoms with Gasteiger partial charge in [-0.15, -0.1) is 0 Å². The molecule has 3 rings (SSSR count). The van der Waals surface area contributed by atoms with Gasteiger partial charge >= 0.3 is 0 Å². The van der Waals surface area contributed by atoms with Crippen LogP contribution in [0.3, 0.4) is 0 Å². The van der Waals surface area contributed by atoms with Crippen molar-refractivity contribution < 1.29 is 23.2 Å². The molecular weight excluding hydrogens is 377 g/mol. The molecule has 1 heterocycles. The molecule has 0 aliphatic rings. The highest BCUT2D eigenvalue weighted by Gasteiger charge is 2.12. The molecule has 1 N–H and O–H groups in total. The van der Waals surface area contributed by atoms with E-state index < -0.39 is 5.82 Å². The highest BCUT2D eigenvalue weighted by Crippen LogP contribution is 2.26. The molecule has 0 saturated heterocycles. The Morgan fingerprint density at radius 3 is 2.72 bits per heavy atom. The van der Waals surface area contributed by atoms with Crippen molar-refractivity contribution >= 4 is 11.6 Å². The van der Waals surface area contributed by atoms with Gasteiger partial charge in [0.1, 0.15) is 17.3 Å². The number of carbonyl (C=O) groups excluding carboxylic acids is 1. The summed E-state index contributed by atoms with van der Waals surface area (Å²) in [6.07, 6.45) is 1.25. The van der Waals surface area contributed by atoms with Gasteiger partial charge in [0.25, 0.3) is 0 Å². The third-order valence-corrected chi connectivity index (χ3v) is 4.13. The lowest BCUT2D eigenvalue weighted by molar-refractivity contribution is -0.116. The van der Waals surface area contributed by atoms with Gasteiger partial charge in [-0.25, -0.2) is 4.39 Å². The van der Waals surface area contributed by atoms with Crippen molar-refractivity contribution in [3.63, 3.8) is 0 Å². The number of halogens is 1. The molecule has 7 nitrogen and oxygen atoms in total. The summed E-state index contributed by atoms with van der Waals surface area (Å²) >= 11 is 0. The summed E-state index contributed by atoms with van der Waals surface area (Å²) in [6.45, 7) is 2.17. The zero-order valence-electron chi connectivity index (χ0n) is 16.3. The van der Waals surface area contributed by atoms with E-state index in [0.717, 1.165) is 11.3 Å². The smallest absolute Gasteiger partial charge is 0.226 e. The molecule has 0 saturated carbocycles. The molecule has 0 aliphatic carbocycles. The molecule has 0 atom stereocenters. The number of amides is 1. The normalized spacial score (nSPS) is 10.6. The first-order chi connectivity index (χ1) is 14.1. The first-order valence-corrected chi connectivity index (χ1v) is 9.28. The predicted molar refractivity (Wildman–Crippen MR) is 105 cm³/mol. The standard InChI is InChI=1S/C21H22FN3O4/c1-3-28-18-13-15(22)9-12-17(18)23-19(26)5-4-6-20-24-21(25-29-20)14-7-10-16(27-2)11-8-14/h7-13H,3-6H2,1-2H3,(H,23,26). The molecule has 152 valence electrons. The van der Waals surface area contributed by atoms with Gasteiger partial charge in [0.05, 0.1) is 19.4 Å². The Kier molecular flexibility index (Phi) is 6.78. The van der Waals surface area contributed by atoms with E-state index in [1.54, 1.807) is 14.0 Å². The van der Waals surface area contributed by atoms with Crippen LogP contribution in [0, 0.1) is 5.82 Å². The van der Waals surface area contributed by atoms with E-state index in [1.807, 2.05) is 24.3 Å². The topological polar surface area (TPSA) is 86.5 Å². The molecule has 0 spiro atoms. The average Bonchev–Trinajstić information content (AvgIpc) is 3.19. The SMILES string of the molecule is CCOc1cc(F)ccc1NC(=O)CCCc1nc(-c2ccc(OC)cc2)no1. The van der Waals surface area contributed by atoms with Crippen molar-refractivity contribution in [2.24, 2.45) is 0 Å². The van der Waals surface area contributed by atoms with Crippen molar-refractivity contribution in [2.75, 3.05) is 19.0 Å². The van der Waals surface area contributed by atoms with Gasteiger partial charge in [0, 0.05) is 24.5 Å². The van der Waals surface area contributed by atoms with Gasteiger partial charge in [0.15, 0.2) is 0 Å². The zero-order chi connectivity index (χ0) is 20.6. The summed E-state index contributed by atoms with van der Waals surface area (Å²) in [5, 5.41) is 6.71. The monoisotopic (exact) mass is 399 g/mol. The molecule has 3 aromatic rings. The van der Waals surface area contributed by atoms with E-state index >= 15 is 0 Å². The Balaban J connectivity index is 1.51. The number of anilines is 1. The van der Waals surface area contributed by atoms with Gasteiger partial charge in [-0.2, -0.15) is 4.98 Å². The minimum absolute atomic E-state index is 0.201. The lowest BCUT2D eigenvalue weighted by Gasteiger charge is -2.11. The van der Waals surface area contributed by atoms with E-state index in [4.69, 9.17) is 14.0 Å². The molecule has 8 heteroatoms. The van der Waals surface area contributed by atoms with Gasteiger partial charge in [0.2, 0.25) is 17.6 Å². The molecule has 0 aliphatic heterocycles. The number of aromatic nitrogens is 2. The molecule has 0 bridgehead atoms. The molecule has 0 radical (unpaired) electrons. The average molecular weight is 399 g/mol. The van der Waals surface area contributed by atoms with Gasteiger partial charge < -0.3 is 19.3 Å². The summed E-state index contributed by atoms with van der Waals surface area (Å²) in [5.74, 6) is 1.38. The maximum atomic E-state index is 13.3. The quantitative estimate of drug-likeness (QED) is 0.579. The second-order valence-corrected chi connectivity index (χ2v) is 6.22. The molecule has 1 amide bonds. The molecule has 0 unspecified atom stereocenters. The Bertz CT molecular complexity index is 957. The molecule has 0 fully saturated rings. The number of benzene rings is 2. The van der Waals surface area contributed by atoms with Crippen molar-refractivity contribution in [1.82, 2.24) is 10.1 Å². The lowest BCUT2D eigenvalue weighted by atomic mass is 10.2. The molecule has 1 aromatic heterocycles. The minimum atomic E-state index is -0.421. The van der Waals surface area contributed by atoms with Crippen LogP contribution in [0.1, 0.15) is 25.7 Å². The second-order valence-electron chi connectivity index (χ2n) is 6.22. The molecular formula is C21H22FN3O4. The zero-order valence-corrected chi connectivity index (χ0v) is 16.3. The Labute approximate surface area is 167 Å². The number of aryl methyl sites for hydroxylation is 1. The van der Waals surface area contributed by atoms with Crippen LogP contribution in [0.5, 0.6) is 11.5 Å². The van der Waals surface area contributed by atoms with E-state index in [-0.39, 0.29) is 12.3 Å². The van der Waals surface area contributed by atoms with Crippen LogP contribution in [0.25, 0.3) is 11.4 Å². The number of nitrogens with one attached hydrogen (secondary N) is 1. The number of carbonyl (C=O) groups is 1. The first kappa shape index (κ1) is 20.3. The van der Waals surface area contributed by atoms with Crippen LogP contribution in [0.4, 0.5) is 10.1 Å². The Morgan fingerprint density at radius 2 is 2.00 bits per heavy atom. The van der Waals surface area contributed by atoms with Gasteiger partial charge in [-0.3, -0.25) is 4.79 Å². The summed E-state index contributed by atoms with van der Waals surface area (Å²) in [7, 11) is 1.60. The van der Waals surface area contributed by atoms with Crippen molar-refractivity contribution in [3.8, 4) is 22.9 Å². The first-order valence-electron chi connectivity index (χ1n) is 9.28. The van der Waals surface area contributed by atoms with E-state index in [2.05, 4.69) is 15.5 Å². The number of nitrogens with zero attached hydrogens (tertiary/aromatic N) is 2. The predicted octanol–water partition coefficient (Wildman–Crippen LogP) is 4.24. The number of hydrogen-bond acceptors (Lipinski definition) is 6. The third-order valence-electron chi connectivity index (χ3n) is 4.13. The van der Waals surface area contributed by atoms with Crippen LogP contribution in [-0.2, 0) is 11.2 Å². The minimum Gasteiger partial charge on any atom is -0.497 e. The fourth-order valence-electron chi connectivity index (χ4n) is 2.70. The highest BCUT2D eigenvalue weighted by molar-refractivity contribution is 5.92. The third kappa shape index (κ3) is 5.54. The fraction of sp³-hybridized carbons (Fsp3) is 0.286. The summed E-state index contributed by atoms with van der Waals surface area (Å²) in [6, 6.07) is 11.3. The van der Waals surface area contributed by atoms with Crippen LogP contribution >= 0.6 is 0 Å². The highest BCUT2D eigenvalue weighted by atomic mass is 19.1. The van der Waals surface area contributed by atoms with E-state index in [0.29, 0.717) is 42.6 Å². The molecule has 2 aromatic carbocycles. The largest absolute Gasteiger partial charge is 0.497 e. The van der Waals surface area contributed by atoms with Crippen LogP contribution in [0.15, 0.2) is 47.0 Å². The van der Waals surface area contributed by atoms with Gasteiger partial charge in [-0.05, 0) is 49.7 Å². The fourth-order valence-corrected chi connectivity index (χ4v) is 2.70. The second kappa shape index (κ2) is 9.68. The van der Waals surface area contributed by atoms with Crippen molar-refractivity contribution in [1.29, 1.82) is 0 Å². The van der Waals surface area contributed by atoms with Crippen LogP contribution < -0.4 is 14.8 Å². The Morgan fingerprint density at radius 1 is 1.21 bits per heavy atom.